The lowest BCUT2D eigenvalue weighted by atomic mass is 10.2. The van der Waals surface area contributed by atoms with E-state index < -0.39 is 0 Å². The number of aromatic nitrogens is 5. The average molecular weight is 242 g/mol. The van der Waals surface area contributed by atoms with Gasteiger partial charge < -0.3 is 10.3 Å². The molecule has 0 radical (unpaired) electrons. The van der Waals surface area contributed by atoms with Crippen molar-refractivity contribution in [3.63, 3.8) is 0 Å². The third-order valence-corrected chi connectivity index (χ3v) is 3.13. The summed E-state index contributed by atoms with van der Waals surface area (Å²) in [5.74, 6) is 1.34. The molecule has 2 N–H and O–H groups in total. The van der Waals surface area contributed by atoms with E-state index in [1.54, 1.807) is 6.33 Å². The third kappa shape index (κ3) is 1.46. The van der Waals surface area contributed by atoms with Crippen molar-refractivity contribution in [2.75, 3.05) is 5.73 Å². The van der Waals surface area contributed by atoms with Crippen LogP contribution in [0.3, 0.4) is 0 Å². The van der Waals surface area contributed by atoms with Crippen molar-refractivity contribution in [2.24, 2.45) is 7.05 Å². The fourth-order valence-electron chi connectivity index (χ4n) is 2.26. The Bertz CT molecular complexity index is 695. The minimum Gasteiger partial charge on any atom is -0.369 e. The fourth-order valence-corrected chi connectivity index (χ4v) is 2.26. The summed E-state index contributed by atoms with van der Waals surface area (Å²) in [6, 6.07) is 7.87. The van der Waals surface area contributed by atoms with E-state index in [0.717, 1.165) is 16.9 Å². The minimum atomic E-state index is -0.00935. The Morgan fingerprint density at radius 3 is 2.78 bits per heavy atom. The molecule has 0 aliphatic carbocycles. The van der Waals surface area contributed by atoms with Crippen LogP contribution >= 0.6 is 0 Å². The van der Waals surface area contributed by atoms with Crippen LogP contribution < -0.4 is 5.73 Å². The monoisotopic (exact) mass is 242 g/mol. The van der Waals surface area contributed by atoms with Crippen molar-refractivity contribution in [3.05, 3.63) is 36.4 Å². The number of para-hydroxylation sites is 2. The lowest BCUT2D eigenvalue weighted by Crippen LogP contribution is -2.14. The summed E-state index contributed by atoms with van der Waals surface area (Å²) in [5, 5.41) is 8.03. The summed E-state index contributed by atoms with van der Waals surface area (Å²) >= 11 is 0. The summed E-state index contributed by atoms with van der Waals surface area (Å²) < 4.78 is 3.86. The minimum absolute atomic E-state index is 0.00935. The molecule has 6 nitrogen and oxygen atoms in total. The Balaban J connectivity index is 2.20. The molecule has 0 aliphatic heterocycles. The van der Waals surface area contributed by atoms with Crippen LogP contribution in [0.1, 0.15) is 18.8 Å². The van der Waals surface area contributed by atoms with Crippen LogP contribution in [0.2, 0.25) is 0 Å². The van der Waals surface area contributed by atoms with E-state index in [9.17, 15) is 0 Å². The third-order valence-electron chi connectivity index (χ3n) is 3.13. The van der Waals surface area contributed by atoms with Gasteiger partial charge in [-0.25, -0.2) is 4.98 Å². The number of fused-ring (bicyclic) bond motifs is 1. The zero-order valence-corrected chi connectivity index (χ0v) is 10.3. The van der Waals surface area contributed by atoms with Crippen LogP contribution in [-0.2, 0) is 7.05 Å². The van der Waals surface area contributed by atoms with E-state index in [1.165, 1.54) is 0 Å². The normalized spacial score (nSPS) is 13.0. The lowest BCUT2D eigenvalue weighted by molar-refractivity contribution is 0.594. The molecular weight excluding hydrogens is 228 g/mol. The molecule has 3 rings (SSSR count). The van der Waals surface area contributed by atoms with E-state index in [1.807, 2.05) is 47.4 Å². The predicted molar refractivity (Wildman–Crippen MR) is 69.0 cm³/mol. The van der Waals surface area contributed by atoms with Gasteiger partial charge in [-0.2, -0.15) is 0 Å². The molecule has 0 amide bonds. The number of anilines is 1. The van der Waals surface area contributed by atoms with Gasteiger partial charge in [0.25, 0.3) is 0 Å². The van der Waals surface area contributed by atoms with Crippen LogP contribution in [0.15, 0.2) is 30.6 Å². The van der Waals surface area contributed by atoms with Crippen molar-refractivity contribution in [1.82, 2.24) is 24.3 Å². The highest BCUT2D eigenvalue weighted by Crippen LogP contribution is 2.25. The molecule has 3 aromatic rings. The van der Waals surface area contributed by atoms with Crippen molar-refractivity contribution in [2.45, 2.75) is 13.0 Å². The van der Waals surface area contributed by atoms with Gasteiger partial charge in [-0.3, -0.25) is 4.57 Å². The summed E-state index contributed by atoms with van der Waals surface area (Å²) in [7, 11) is 1.92. The number of hydrogen-bond donors (Lipinski definition) is 1. The molecule has 18 heavy (non-hydrogen) atoms. The van der Waals surface area contributed by atoms with Crippen molar-refractivity contribution in [1.29, 1.82) is 0 Å². The Labute approximate surface area is 104 Å². The first-order valence-electron chi connectivity index (χ1n) is 5.75. The topological polar surface area (TPSA) is 74.5 Å². The number of aryl methyl sites for hydroxylation is 1. The Kier molecular flexibility index (Phi) is 2.29. The zero-order valence-electron chi connectivity index (χ0n) is 10.3. The molecule has 2 heterocycles. The number of nitrogens with two attached hydrogens (primary N) is 1. The summed E-state index contributed by atoms with van der Waals surface area (Å²) in [5.41, 5.74) is 7.90. The molecule has 0 fully saturated rings. The van der Waals surface area contributed by atoms with Gasteiger partial charge >= 0.3 is 0 Å². The largest absolute Gasteiger partial charge is 0.369 e. The second-order valence-electron chi connectivity index (χ2n) is 4.30. The number of imidazole rings is 1. The van der Waals surface area contributed by atoms with Crippen molar-refractivity contribution in [3.8, 4) is 0 Å². The first-order valence-corrected chi connectivity index (χ1v) is 5.75. The Hall–Kier alpha value is -2.37. The van der Waals surface area contributed by atoms with Crippen LogP contribution in [-0.4, -0.2) is 24.3 Å². The Morgan fingerprint density at radius 2 is 2.06 bits per heavy atom. The van der Waals surface area contributed by atoms with Gasteiger partial charge in [0.1, 0.15) is 6.33 Å². The zero-order chi connectivity index (χ0) is 12.7. The quantitative estimate of drug-likeness (QED) is 0.736. The standard InChI is InChI=1S/C12H14N6/c1-8(11-16-14-7-17(11)2)18-10-6-4-3-5-9(10)15-12(18)13/h3-8H,1-2H3,(H2,13,15). The smallest absolute Gasteiger partial charge is 0.201 e. The average Bonchev–Trinajstić information content (AvgIpc) is 2.91. The molecule has 2 aromatic heterocycles. The number of nitrogens with zero attached hydrogens (tertiary/aromatic N) is 5. The van der Waals surface area contributed by atoms with Gasteiger partial charge in [-0.1, -0.05) is 12.1 Å². The van der Waals surface area contributed by atoms with Gasteiger partial charge in [-0.05, 0) is 19.1 Å². The highest BCUT2D eigenvalue weighted by atomic mass is 15.3. The molecule has 0 spiro atoms. The summed E-state index contributed by atoms with van der Waals surface area (Å²) in [6.07, 6.45) is 1.68. The van der Waals surface area contributed by atoms with E-state index in [2.05, 4.69) is 15.2 Å². The highest BCUT2D eigenvalue weighted by Gasteiger charge is 2.18. The second-order valence-corrected chi connectivity index (χ2v) is 4.30. The molecular formula is C12H14N6. The van der Waals surface area contributed by atoms with Gasteiger partial charge in [0.15, 0.2) is 5.82 Å². The predicted octanol–water partition coefficient (Wildman–Crippen LogP) is 1.36. The maximum Gasteiger partial charge on any atom is 0.201 e. The highest BCUT2D eigenvalue weighted by molar-refractivity contribution is 5.78. The fraction of sp³-hybridized carbons (Fsp3) is 0.250. The SMILES string of the molecule is CC(c1nncn1C)n1c(N)nc2ccccc21. The number of hydrogen-bond acceptors (Lipinski definition) is 4. The molecule has 1 atom stereocenters. The van der Waals surface area contributed by atoms with Crippen LogP contribution in [0.4, 0.5) is 5.95 Å². The van der Waals surface area contributed by atoms with Gasteiger partial charge in [0.2, 0.25) is 5.95 Å². The summed E-state index contributed by atoms with van der Waals surface area (Å²) in [6.45, 7) is 2.04. The van der Waals surface area contributed by atoms with E-state index in [-0.39, 0.29) is 6.04 Å². The number of rotatable bonds is 2. The van der Waals surface area contributed by atoms with Crippen LogP contribution in [0, 0.1) is 0 Å². The maximum absolute atomic E-state index is 6.00. The first kappa shape index (κ1) is 10.8. The molecule has 1 aromatic carbocycles. The van der Waals surface area contributed by atoms with Crippen LogP contribution in [0.5, 0.6) is 0 Å². The molecule has 1 unspecified atom stereocenters. The molecule has 0 saturated heterocycles. The first-order chi connectivity index (χ1) is 8.68. The van der Waals surface area contributed by atoms with Crippen molar-refractivity contribution >= 4 is 17.0 Å². The van der Waals surface area contributed by atoms with Gasteiger partial charge in [-0.15, -0.1) is 10.2 Å². The van der Waals surface area contributed by atoms with E-state index >= 15 is 0 Å². The summed E-state index contributed by atoms with van der Waals surface area (Å²) in [4.78, 5) is 4.36. The number of benzene rings is 1. The van der Waals surface area contributed by atoms with Gasteiger partial charge in [0.05, 0.1) is 17.1 Å². The molecule has 0 aliphatic rings. The van der Waals surface area contributed by atoms with Crippen molar-refractivity contribution < 1.29 is 0 Å². The molecule has 0 saturated carbocycles. The van der Waals surface area contributed by atoms with Gasteiger partial charge in [0, 0.05) is 7.05 Å². The lowest BCUT2D eigenvalue weighted by Gasteiger charge is -2.14. The maximum atomic E-state index is 6.00. The van der Waals surface area contributed by atoms with E-state index in [0.29, 0.717) is 5.95 Å². The Morgan fingerprint density at radius 1 is 1.28 bits per heavy atom. The van der Waals surface area contributed by atoms with E-state index in [4.69, 9.17) is 5.73 Å². The number of nitrogen functional groups attached to an aromatic ring is 1. The second kappa shape index (κ2) is 3.83. The molecule has 92 valence electrons. The molecule has 0 bridgehead atoms. The molecule has 6 heteroatoms. The van der Waals surface area contributed by atoms with Crippen LogP contribution in [0.25, 0.3) is 11.0 Å².